The van der Waals surface area contributed by atoms with Crippen LogP contribution in [-0.4, -0.2) is 26.2 Å². The van der Waals surface area contributed by atoms with Crippen LogP contribution in [0.4, 0.5) is 5.69 Å². The molecule has 2 aliphatic rings. The van der Waals surface area contributed by atoms with E-state index < -0.39 is 0 Å². The second kappa shape index (κ2) is 10.1. The Morgan fingerprint density at radius 1 is 1.00 bits per heavy atom. The molecule has 5 rings (SSSR count). The van der Waals surface area contributed by atoms with Crippen molar-refractivity contribution >= 4 is 11.6 Å². The van der Waals surface area contributed by atoms with Crippen LogP contribution in [0.3, 0.4) is 0 Å². The lowest BCUT2D eigenvalue weighted by Gasteiger charge is -2.38. The highest BCUT2D eigenvalue weighted by atomic mass is 16.5. The number of nitrogens with one attached hydrogen (secondary N) is 2. The van der Waals surface area contributed by atoms with Gasteiger partial charge in [0.2, 0.25) is 0 Å². The van der Waals surface area contributed by atoms with E-state index >= 15 is 0 Å². The maximum Gasteiger partial charge on any atom is 0.253 e. The summed E-state index contributed by atoms with van der Waals surface area (Å²) in [6.07, 6.45) is 5.54. The van der Waals surface area contributed by atoms with Gasteiger partial charge in [0.15, 0.2) is 0 Å². The number of carbonyl (C=O) groups is 1. The third-order valence-electron chi connectivity index (χ3n) is 6.72. The first kappa shape index (κ1) is 22.2. The lowest BCUT2D eigenvalue weighted by atomic mass is 9.76. The maximum absolute atomic E-state index is 13.0. The van der Waals surface area contributed by atoms with Gasteiger partial charge in [-0.15, -0.1) is 0 Å². The molecular formula is C29H30N2O3. The summed E-state index contributed by atoms with van der Waals surface area (Å²) in [5.41, 5.74) is 5.01. The van der Waals surface area contributed by atoms with Crippen LogP contribution in [0.1, 0.15) is 45.4 Å². The molecule has 174 valence electrons. The smallest absolute Gasteiger partial charge is 0.253 e. The highest BCUT2D eigenvalue weighted by Crippen LogP contribution is 2.51. The van der Waals surface area contributed by atoms with Crippen LogP contribution in [0.25, 0.3) is 0 Å². The quantitative estimate of drug-likeness (QED) is 0.350. The first-order valence-electron chi connectivity index (χ1n) is 11.8. The number of fused-ring (bicyclic) bond motifs is 3. The summed E-state index contributed by atoms with van der Waals surface area (Å²) in [6.45, 7) is 1.47. The summed E-state index contributed by atoms with van der Waals surface area (Å²) in [7, 11) is 1.63. The molecule has 34 heavy (non-hydrogen) atoms. The molecule has 0 saturated heterocycles. The Balaban J connectivity index is 1.46. The minimum absolute atomic E-state index is 0.0346. The third-order valence-corrected chi connectivity index (χ3v) is 6.72. The molecule has 0 fully saturated rings. The van der Waals surface area contributed by atoms with Gasteiger partial charge in [-0.3, -0.25) is 4.79 Å². The summed E-state index contributed by atoms with van der Waals surface area (Å²) >= 11 is 0. The van der Waals surface area contributed by atoms with Crippen molar-refractivity contribution in [2.45, 2.75) is 25.0 Å². The normalized spacial score (nSPS) is 20.2. The number of para-hydroxylation sites is 2. The van der Waals surface area contributed by atoms with E-state index in [9.17, 15) is 4.79 Å². The SMILES string of the molecule is COCCNC(=O)c1cccc2c1NC(c1ccccc1OCc1ccccc1)C1CC=CC21. The van der Waals surface area contributed by atoms with Crippen molar-refractivity contribution in [1.29, 1.82) is 0 Å². The Morgan fingerprint density at radius 3 is 2.65 bits per heavy atom. The van der Waals surface area contributed by atoms with Gasteiger partial charge < -0.3 is 20.1 Å². The van der Waals surface area contributed by atoms with Gasteiger partial charge in [-0.25, -0.2) is 0 Å². The number of ether oxygens (including phenoxy) is 2. The zero-order chi connectivity index (χ0) is 23.3. The summed E-state index contributed by atoms with van der Waals surface area (Å²) in [6, 6.07) is 24.5. The molecule has 0 spiro atoms. The van der Waals surface area contributed by atoms with Crippen LogP contribution in [0.2, 0.25) is 0 Å². The largest absolute Gasteiger partial charge is 0.489 e. The topological polar surface area (TPSA) is 59.6 Å². The van der Waals surface area contributed by atoms with Gasteiger partial charge in [-0.2, -0.15) is 0 Å². The molecule has 1 heterocycles. The average molecular weight is 455 g/mol. The minimum Gasteiger partial charge on any atom is -0.489 e. The number of allylic oxidation sites excluding steroid dienone is 2. The monoisotopic (exact) mass is 454 g/mol. The number of methoxy groups -OCH3 is 1. The zero-order valence-corrected chi connectivity index (χ0v) is 19.4. The summed E-state index contributed by atoms with van der Waals surface area (Å²) in [5.74, 6) is 1.41. The van der Waals surface area contributed by atoms with Gasteiger partial charge in [-0.05, 0) is 35.6 Å². The molecule has 3 atom stereocenters. The van der Waals surface area contributed by atoms with Crippen molar-refractivity contribution in [3.8, 4) is 5.75 Å². The fourth-order valence-electron chi connectivity index (χ4n) is 5.08. The van der Waals surface area contributed by atoms with Gasteiger partial charge in [0.05, 0.1) is 23.9 Å². The van der Waals surface area contributed by atoms with E-state index in [0.29, 0.717) is 31.2 Å². The fraction of sp³-hybridized carbons (Fsp3) is 0.276. The molecule has 0 bridgehead atoms. The highest BCUT2D eigenvalue weighted by molar-refractivity contribution is 6.00. The average Bonchev–Trinajstić information content (AvgIpc) is 3.38. The van der Waals surface area contributed by atoms with Crippen molar-refractivity contribution < 1.29 is 14.3 Å². The van der Waals surface area contributed by atoms with Crippen LogP contribution in [0, 0.1) is 5.92 Å². The van der Waals surface area contributed by atoms with Crippen LogP contribution < -0.4 is 15.4 Å². The molecule has 0 radical (unpaired) electrons. The van der Waals surface area contributed by atoms with Crippen molar-refractivity contribution in [1.82, 2.24) is 5.32 Å². The molecule has 1 aliphatic carbocycles. The predicted octanol–water partition coefficient (Wildman–Crippen LogP) is 5.47. The Labute approximate surface area is 200 Å². The van der Waals surface area contributed by atoms with E-state index in [4.69, 9.17) is 9.47 Å². The van der Waals surface area contributed by atoms with Gasteiger partial charge in [0.25, 0.3) is 5.91 Å². The third kappa shape index (κ3) is 4.44. The first-order valence-corrected chi connectivity index (χ1v) is 11.8. The number of amides is 1. The maximum atomic E-state index is 13.0. The number of hydrogen-bond donors (Lipinski definition) is 2. The van der Waals surface area contributed by atoms with Gasteiger partial charge in [-0.1, -0.05) is 72.8 Å². The van der Waals surface area contributed by atoms with Crippen LogP contribution in [-0.2, 0) is 11.3 Å². The standard InChI is InChI=1S/C29H30N2O3/c1-33-18-17-30-29(32)25-15-8-14-23-21-12-7-13-22(21)27(31-28(23)25)24-11-5-6-16-26(24)34-19-20-9-3-2-4-10-20/h2-12,14-16,21-22,27,31H,13,17-19H2,1H3,(H,30,32). The molecule has 1 aliphatic heterocycles. The minimum atomic E-state index is -0.0887. The molecule has 5 heteroatoms. The molecule has 3 aromatic rings. The van der Waals surface area contributed by atoms with Crippen LogP contribution in [0.15, 0.2) is 84.9 Å². The zero-order valence-electron chi connectivity index (χ0n) is 19.4. The molecule has 1 amide bonds. The second-order valence-electron chi connectivity index (χ2n) is 8.81. The fourth-order valence-corrected chi connectivity index (χ4v) is 5.08. The lowest BCUT2D eigenvalue weighted by molar-refractivity contribution is 0.0937. The lowest BCUT2D eigenvalue weighted by Crippen LogP contribution is -2.33. The number of benzene rings is 3. The Bertz CT molecular complexity index is 1180. The van der Waals surface area contributed by atoms with Crippen molar-refractivity contribution in [2.24, 2.45) is 5.92 Å². The van der Waals surface area contributed by atoms with E-state index in [1.807, 2.05) is 42.5 Å². The number of hydrogen-bond acceptors (Lipinski definition) is 4. The summed E-state index contributed by atoms with van der Waals surface area (Å²) in [5, 5.41) is 6.72. The predicted molar refractivity (Wildman–Crippen MR) is 134 cm³/mol. The number of carbonyl (C=O) groups excluding carboxylic acids is 1. The second-order valence-corrected chi connectivity index (χ2v) is 8.81. The van der Waals surface area contributed by atoms with E-state index in [1.54, 1.807) is 7.11 Å². The van der Waals surface area contributed by atoms with E-state index in [-0.39, 0.29) is 17.9 Å². The Kier molecular flexibility index (Phi) is 6.63. The first-order chi connectivity index (χ1) is 16.8. The van der Waals surface area contributed by atoms with Crippen LogP contribution in [0.5, 0.6) is 5.75 Å². The summed E-state index contributed by atoms with van der Waals surface area (Å²) in [4.78, 5) is 13.0. The van der Waals surface area contributed by atoms with Gasteiger partial charge in [0.1, 0.15) is 12.4 Å². The van der Waals surface area contributed by atoms with Gasteiger partial charge >= 0.3 is 0 Å². The van der Waals surface area contributed by atoms with Gasteiger partial charge in [0, 0.05) is 25.1 Å². The highest BCUT2D eigenvalue weighted by Gasteiger charge is 2.40. The van der Waals surface area contributed by atoms with Crippen molar-refractivity contribution in [3.05, 3.63) is 107 Å². The molecule has 2 N–H and O–H groups in total. The molecule has 5 nitrogen and oxygen atoms in total. The number of anilines is 1. The van der Waals surface area contributed by atoms with Crippen molar-refractivity contribution in [2.75, 3.05) is 25.6 Å². The molecule has 0 aromatic heterocycles. The van der Waals surface area contributed by atoms with Crippen LogP contribution >= 0.6 is 0 Å². The molecular weight excluding hydrogens is 424 g/mol. The Hall–Kier alpha value is -3.57. The Morgan fingerprint density at radius 2 is 1.79 bits per heavy atom. The molecule has 3 aromatic carbocycles. The van der Waals surface area contributed by atoms with E-state index in [2.05, 4.69) is 53.1 Å². The summed E-state index contributed by atoms with van der Waals surface area (Å²) < 4.78 is 11.4. The van der Waals surface area contributed by atoms with E-state index in [0.717, 1.165) is 29.0 Å². The van der Waals surface area contributed by atoms with Crippen molar-refractivity contribution in [3.63, 3.8) is 0 Å². The number of rotatable bonds is 8. The molecule has 0 saturated carbocycles. The van der Waals surface area contributed by atoms with E-state index in [1.165, 1.54) is 5.56 Å². The molecule has 3 unspecified atom stereocenters.